The number of alkyl carbamates (subject to hydrolysis) is 1. The third-order valence-corrected chi connectivity index (χ3v) is 8.17. The quantitative estimate of drug-likeness (QED) is 0.191. The second-order valence-corrected chi connectivity index (χ2v) is 15.6. The largest absolute Gasteiger partial charge is 0.474 e. The molecule has 0 saturated carbocycles. The Morgan fingerprint density at radius 1 is 0.912 bits per heavy atom. The van der Waals surface area contributed by atoms with Gasteiger partial charge < -0.3 is 14.5 Å². The van der Waals surface area contributed by atoms with Gasteiger partial charge in [0.2, 0.25) is 0 Å². The minimum atomic E-state index is -1.56. The molecule has 34 heavy (non-hydrogen) atoms. The zero-order chi connectivity index (χ0) is 24.8. The van der Waals surface area contributed by atoms with Gasteiger partial charge in [0.25, 0.3) is 0 Å². The van der Waals surface area contributed by atoms with Gasteiger partial charge in [0, 0.05) is 5.56 Å². The number of hydrogen-bond acceptors (Lipinski definition) is 3. The summed E-state index contributed by atoms with van der Waals surface area (Å²) in [7, 11) is -1.56. The van der Waals surface area contributed by atoms with Gasteiger partial charge in [0.1, 0.15) is 14.2 Å². The van der Waals surface area contributed by atoms with E-state index >= 15 is 0 Å². The molecule has 5 heteroatoms. The van der Waals surface area contributed by atoms with E-state index in [9.17, 15) is 4.79 Å². The Bertz CT molecular complexity index is 812. The van der Waals surface area contributed by atoms with Gasteiger partial charge in [0.05, 0.1) is 17.7 Å². The van der Waals surface area contributed by atoms with Crippen LogP contribution in [0.1, 0.15) is 108 Å². The number of ether oxygens (including phenoxy) is 1. The molecule has 0 aliphatic carbocycles. The highest BCUT2D eigenvalue weighted by Crippen LogP contribution is 2.26. The summed E-state index contributed by atoms with van der Waals surface area (Å²) in [4.78, 5) is 12.7. The molecule has 1 aromatic carbocycles. The Morgan fingerprint density at radius 3 is 2.06 bits per heavy atom. The van der Waals surface area contributed by atoms with E-state index in [2.05, 4.69) is 37.9 Å². The number of nitrogens with one attached hydrogen (secondary N) is 1. The number of benzene rings is 1. The number of rotatable bonds is 16. The van der Waals surface area contributed by atoms with Crippen molar-refractivity contribution < 1.29 is 13.9 Å². The second kappa shape index (κ2) is 15.1. The summed E-state index contributed by atoms with van der Waals surface area (Å²) in [6, 6.07) is 12.0. The van der Waals surface area contributed by atoms with Crippen LogP contribution in [0, 0.1) is 0 Å². The number of carbonyl (C=O) groups is 1. The smallest absolute Gasteiger partial charge is 0.408 e. The first kappa shape index (κ1) is 28.2. The summed E-state index contributed by atoms with van der Waals surface area (Å²) in [5.41, 5.74) is 2.05. The average Bonchev–Trinajstić information content (AvgIpc) is 3.31. The minimum absolute atomic E-state index is 0.103. The lowest BCUT2D eigenvalue weighted by molar-refractivity contribution is 0.0880. The summed E-state index contributed by atoms with van der Waals surface area (Å²) in [6.07, 6.45) is 14.9. The Labute approximate surface area is 208 Å². The lowest BCUT2D eigenvalue weighted by Gasteiger charge is -2.20. The van der Waals surface area contributed by atoms with Crippen molar-refractivity contribution in [2.24, 2.45) is 0 Å². The first-order valence-electron chi connectivity index (χ1n) is 13.4. The van der Waals surface area contributed by atoms with Crippen molar-refractivity contribution in [3.8, 4) is 0 Å². The number of carbonyl (C=O) groups excluding carboxylic acids is 1. The second-order valence-electron chi connectivity index (χ2n) is 10.6. The van der Waals surface area contributed by atoms with E-state index in [1.54, 1.807) is 6.26 Å². The van der Waals surface area contributed by atoms with Crippen LogP contribution < -0.4 is 10.7 Å². The number of hydrogen-bond donors (Lipinski definition) is 1. The van der Waals surface area contributed by atoms with E-state index in [1.165, 1.54) is 57.8 Å². The van der Waals surface area contributed by atoms with Gasteiger partial charge >= 0.3 is 6.09 Å². The van der Waals surface area contributed by atoms with E-state index in [4.69, 9.17) is 9.15 Å². The average molecular weight is 486 g/mol. The van der Waals surface area contributed by atoms with Crippen LogP contribution in [-0.2, 0) is 4.74 Å². The lowest BCUT2D eigenvalue weighted by atomic mass is 10.0. The van der Waals surface area contributed by atoms with Gasteiger partial charge in [-0.05, 0) is 31.4 Å². The van der Waals surface area contributed by atoms with Crippen LogP contribution in [0.2, 0.25) is 19.6 Å². The molecule has 1 N–H and O–H groups in total. The SMILES string of the molecule is CCCCCCCCCCCCC(OC(=O)NC(C)c1ccccc1)c1coc([Si](C)(C)C)c1. The molecule has 0 spiro atoms. The lowest BCUT2D eigenvalue weighted by Crippen LogP contribution is -2.36. The molecule has 0 aliphatic heterocycles. The van der Waals surface area contributed by atoms with E-state index in [0.29, 0.717) is 0 Å². The Hall–Kier alpha value is -2.01. The zero-order valence-corrected chi connectivity index (χ0v) is 23.2. The van der Waals surface area contributed by atoms with Crippen molar-refractivity contribution in [3.63, 3.8) is 0 Å². The maximum Gasteiger partial charge on any atom is 0.408 e. The normalized spacial score (nSPS) is 13.4. The van der Waals surface area contributed by atoms with E-state index in [-0.39, 0.29) is 18.2 Å². The van der Waals surface area contributed by atoms with Crippen LogP contribution in [-0.4, -0.2) is 14.2 Å². The molecule has 0 aliphatic rings. The van der Waals surface area contributed by atoms with Crippen molar-refractivity contribution in [1.82, 2.24) is 5.32 Å². The number of amides is 1. The fraction of sp³-hybridized carbons (Fsp3) is 0.621. The van der Waals surface area contributed by atoms with Crippen molar-refractivity contribution in [2.75, 3.05) is 0 Å². The van der Waals surface area contributed by atoms with E-state index in [1.807, 2.05) is 37.3 Å². The van der Waals surface area contributed by atoms with Crippen molar-refractivity contribution in [3.05, 3.63) is 53.8 Å². The molecule has 1 aromatic heterocycles. The molecule has 1 amide bonds. The Balaban J connectivity index is 1.86. The highest BCUT2D eigenvalue weighted by atomic mass is 28.3. The fourth-order valence-electron chi connectivity index (χ4n) is 4.19. The molecule has 2 aromatic rings. The molecule has 0 saturated heterocycles. The first-order valence-corrected chi connectivity index (χ1v) is 16.9. The molecule has 0 fully saturated rings. The van der Waals surface area contributed by atoms with Crippen LogP contribution in [0.15, 0.2) is 47.1 Å². The first-order chi connectivity index (χ1) is 16.3. The van der Waals surface area contributed by atoms with Gasteiger partial charge in [-0.2, -0.15) is 0 Å². The fourth-order valence-corrected chi connectivity index (χ4v) is 5.20. The molecule has 4 nitrogen and oxygen atoms in total. The Morgan fingerprint density at radius 2 is 1.50 bits per heavy atom. The summed E-state index contributed by atoms with van der Waals surface area (Å²) in [5, 5.41) is 4.04. The maximum atomic E-state index is 12.7. The highest BCUT2D eigenvalue weighted by molar-refractivity contribution is 6.87. The molecular weight excluding hydrogens is 438 g/mol. The zero-order valence-electron chi connectivity index (χ0n) is 22.2. The molecule has 2 atom stereocenters. The molecular formula is C29H47NO3Si. The third-order valence-electron chi connectivity index (χ3n) is 6.43. The summed E-state index contributed by atoms with van der Waals surface area (Å²) < 4.78 is 11.8. The predicted octanol–water partition coefficient (Wildman–Crippen LogP) is 8.66. The minimum Gasteiger partial charge on any atom is -0.474 e. The third kappa shape index (κ3) is 10.5. The van der Waals surface area contributed by atoms with Crippen LogP contribution in [0.25, 0.3) is 0 Å². The van der Waals surface area contributed by atoms with Crippen molar-refractivity contribution in [2.45, 2.75) is 116 Å². The van der Waals surface area contributed by atoms with Gasteiger partial charge in [-0.3, -0.25) is 0 Å². The predicted molar refractivity (Wildman–Crippen MR) is 145 cm³/mol. The summed E-state index contributed by atoms with van der Waals surface area (Å²) in [6.45, 7) is 11.0. The summed E-state index contributed by atoms with van der Waals surface area (Å²) in [5.74, 6) is 0. The van der Waals surface area contributed by atoms with Crippen molar-refractivity contribution >= 4 is 19.6 Å². The molecule has 2 rings (SSSR count). The van der Waals surface area contributed by atoms with Gasteiger partial charge in [-0.15, -0.1) is 0 Å². The Kier molecular flexibility index (Phi) is 12.5. The summed E-state index contributed by atoms with van der Waals surface area (Å²) >= 11 is 0. The van der Waals surface area contributed by atoms with Gasteiger partial charge in [0.15, 0.2) is 0 Å². The van der Waals surface area contributed by atoms with E-state index in [0.717, 1.165) is 29.4 Å². The van der Waals surface area contributed by atoms with E-state index < -0.39 is 8.07 Å². The van der Waals surface area contributed by atoms with Crippen molar-refractivity contribution in [1.29, 1.82) is 0 Å². The molecule has 0 radical (unpaired) electrons. The molecule has 190 valence electrons. The van der Waals surface area contributed by atoms with Gasteiger partial charge in [-0.25, -0.2) is 4.79 Å². The molecule has 0 bridgehead atoms. The highest BCUT2D eigenvalue weighted by Gasteiger charge is 2.25. The number of unbranched alkanes of at least 4 members (excludes halogenated alkanes) is 9. The number of furan rings is 1. The maximum absolute atomic E-state index is 12.7. The van der Waals surface area contributed by atoms with Crippen LogP contribution >= 0.6 is 0 Å². The molecule has 1 heterocycles. The topological polar surface area (TPSA) is 51.5 Å². The molecule has 2 unspecified atom stereocenters. The van der Waals surface area contributed by atoms with Crippen LogP contribution in [0.5, 0.6) is 0 Å². The van der Waals surface area contributed by atoms with Gasteiger partial charge in [-0.1, -0.05) is 115 Å². The monoisotopic (exact) mass is 485 g/mol. The van der Waals surface area contributed by atoms with Crippen LogP contribution in [0.4, 0.5) is 4.79 Å². The standard InChI is InChI=1S/C29H47NO3Si/c1-6-7-8-9-10-11-12-13-14-18-21-27(26-22-28(32-23-26)34(3,4)5)33-29(31)30-24(2)25-19-16-15-17-20-25/h15-17,19-20,22-24,27H,6-14,18,21H2,1-5H3,(H,30,31). The van der Waals surface area contributed by atoms with Crippen LogP contribution in [0.3, 0.4) is 0 Å².